The van der Waals surface area contributed by atoms with Gasteiger partial charge in [0, 0.05) is 4.43 Å². The number of alkyl halides is 1. The number of hydrogen-bond acceptors (Lipinski definition) is 0. The van der Waals surface area contributed by atoms with Crippen molar-refractivity contribution in [1.82, 2.24) is 0 Å². The fourth-order valence-electron chi connectivity index (χ4n) is 0.273. The highest BCUT2D eigenvalue weighted by Crippen LogP contribution is 1.83. The maximum Gasteiger partial charge on any atom is 0.0178 e. The topological polar surface area (TPSA) is 0 Å². The molecule has 0 atom stereocenters. The zero-order chi connectivity index (χ0) is 6.24. The van der Waals surface area contributed by atoms with Gasteiger partial charge in [-0.1, -0.05) is 59.5 Å². The van der Waals surface area contributed by atoms with Crippen LogP contribution in [0, 0.1) is 0 Å². The Morgan fingerprint density at radius 1 is 1.25 bits per heavy atom. The summed E-state index contributed by atoms with van der Waals surface area (Å²) in [6.45, 7) is 3.54. The lowest BCUT2D eigenvalue weighted by molar-refractivity contribution is 1.80. The second-order valence-corrected chi connectivity index (χ2v) is 2.08. The number of allylic oxidation sites excluding steroid dienone is 5. The molecule has 0 aliphatic carbocycles. The first kappa shape index (κ1) is 7.95. The molecule has 0 saturated heterocycles. The van der Waals surface area contributed by atoms with E-state index in [0.29, 0.717) is 0 Å². The molecule has 0 bridgehead atoms. The molecule has 0 aliphatic heterocycles. The van der Waals surface area contributed by atoms with E-state index in [9.17, 15) is 0 Å². The van der Waals surface area contributed by atoms with E-state index in [4.69, 9.17) is 0 Å². The van der Waals surface area contributed by atoms with Crippen molar-refractivity contribution in [2.45, 2.75) is 0 Å². The van der Waals surface area contributed by atoms with Crippen LogP contribution < -0.4 is 0 Å². The van der Waals surface area contributed by atoms with Crippen LogP contribution in [-0.4, -0.2) is 4.43 Å². The van der Waals surface area contributed by atoms with Crippen molar-refractivity contribution >= 4 is 22.6 Å². The van der Waals surface area contributed by atoms with Gasteiger partial charge in [0.05, 0.1) is 0 Å². The normalized spacial score (nSPS) is 11.1. The maximum absolute atomic E-state index is 3.54. The fourth-order valence-corrected chi connectivity index (χ4v) is 0.566. The van der Waals surface area contributed by atoms with Crippen molar-refractivity contribution in [1.29, 1.82) is 0 Å². The van der Waals surface area contributed by atoms with Gasteiger partial charge in [-0.3, -0.25) is 0 Å². The van der Waals surface area contributed by atoms with Gasteiger partial charge < -0.3 is 0 Å². The molecule has 0 aliphatic rings. The first-order valence-corrected chi connectivity index (χ1v) is 3.94. The summed E-state index contributed by atoms with van der Waals surface area (Å²) in [6, 6.07) is 0. The number of hydrogen-bond donors (Lipinski definition) is 0. The molecule has 0 aromatic carbocycles. The lowest BCUT2D eigenvalue weighted by Crippen LogP contribution is -1.53. The van der Waals surface area contributed by atoms with Crippen LogP contribution in [0.5, 0.6) is 0 Å². The molecular weight excluding hydrogens is 211 g/mol. The molecule has 0 heterocycles. The quantitative estimate of drug-likeness (QED) is 0.389. The second-order valence-electron chi connectivity index (χ2n) is 1.20. The van der Waals surface area contributed by atoms with E-state index in [0.717, 1.165) is 4.43 Å². The Morgan fingerprint density at radius 3 is 2.50 bits per heavy atom. The van der Waals surface area contributed by atoms with Crippen molar-refractivity contribution in [3.63, 3.8) is 0 Å². The third kappa shape index (κ3) is 5.95. The standard InChI is InChI=1S/C7H9I/c1-2-3-4-5-6-7-8/h2-6H,1,7H2/b4-3-,6-5-. The van der Waals surface area contributed by atoms with Gasteiger partial charge in [-0.05, 0) is 0 Å². The van der Waals surface area contributed by atoms with Crippen LogP contribution in [0.15, 0.2) is 37.0 Å². The second kappa shape index (κ2) is 6.95. The highest BCUT2D eigenvalue weighted by molar-refractivity contribution is 14.1. The average molecular weight is 220 g/mol. The van der Waals surface area contributed by atoms with Gasteiger partial charge in [0.2, 0.25) is 0 Å². The lowest BCUT2D eigenvalue weighted by atomic mass is 10.4. The third-order valence-corrected chi connectivity index (χ3v) is 1.09. The van der Waals surface area contributed by atoms with Gasteiger partial charge in [-0.15, -0.1) is 0 Å². The zero-order valence-corrected chi connectivity index (χ0v) is 6.84. The third-order valence-electron chi connectivity index (χ3n) is 0.583. The Morgan fingerprint density at radius 2 is 2.00 bits per heavy atom. The van der Waals surface area contributed by atoms with E-state index in [-0.39, 0.29) is 0 Å². The predicted octanol–water partition coefficient (Wildman–Crippen LogP) is 2.72. The molecule has 0 N–H and O–H groups in total. The molecule has 0 fully saturated rings. The predicted molar refractivity (Wildman–Crippen MR) is 47.4 cm³/mol. The largest absolute Gasteiger partial charge is 0.0991 e. The van der Waals surface area contributed by atoms with E-state index >= 15 is 0 Å². The zero-order valence-electron chi connectivity index (χ0n) is 4.68. The maximum atomic E-state index is 3.54. The van der Waals surface area contributed by atoms with Crippen molar-refractivity contribution in [3.8, 4) is 0 Å². The Bertz CT molecular complexity index is 101. The summed E-state index contributed by atoms with van der Waals surface area (Å²) in [6.07, 6.45) is 9.72. The molecule has 0 saturated carbocycles. The van der Waals surface area contributed by atoms with E-state index in [1.165, 1.54) is 0 Å². The molecule has 1 heteroatoms. The minimum Gasteiger partial charge on any atom is -0.0991 e. The van der Waals surface area contributed by atoms with Gasteiger partial charge in [-0.25, -0.2) is 0 Å². The first-order chi connectivity index (χ1) is 3.91. The SMILES string of the molecule is C=C/C=C\C=C/CI. The van der Waals surface area contributed by atoms with Crippen molar-refractivity contribution in [2.24, 2.45) is 0 Å². The summed E-state index contributed by atoms with van der Waals surface area (Å²) >= 11 is 2.29. The van der Waals surface area contributed by atoms with E-state index in [1.54, 1.807) is 6.08 Å². The Hall–Kier alpha value is -0.0500. The van der Waals surface area contributed by atoms with Crippen molar-refractivity contribution in [3.05, 3.63) is 37.0 Å². The molecule has 0 aromatic heterocycles. The summed E-state index contributed by atoms with van der Waals surface area (Å²) in [4.78, 5) is 0. The molecule has 44 valence electrons. The molecule has 0 unspecified atom stereocenters. The molecule has 0 spiro atoms. The summed E-state index contributed by atoms with van der Waals surface area (Å²) in [5, 5.41) is 0. The molecule has 0 radical (unpaired) electrons. The van der Waals surface area contributed by atoms with Crippen LogP contribution in [0.4, 0.5) is 0 Å². The minimum absolute atomic E-state index is 1.07. The highest BCUT2D eigenvalue weighted by atomic mass is 127. The van der Waals surface area contributed by atoms with Crippen LogP contribution in [0.3, 0.4) is 0 Å². The summed E-state index contributed by atoms with van der Waals surface area (Å²) in [5.74, 6) is 0. The summed E-state index contributed by atoms with van der Waals surface area (Å²) in [7, 11) is 0. The van der Waals surface area contributed by atoms with Crippen LogP contribution in [0.1, 0.15) is 0 Å². The van der Waals surface area contributed by atoms with Gasteiger partial charge >= 0.3 is 0 Å². The molecule has 0 amide bonds. The summed E-state index contributed by atoms with van der Waals surface area (Å²) < 4.78 is 1.07. The molecule has 0 aromatic rings. The number of rotatable bonds is 3. The van der Waals surface area contributed by atoms with Gasteiger partial charge in [0.15, 0.2) is 0 Å². The van der Waals surface area contributed by atoms with Gasteiger partial charge in [0.1, 0.15) is 0 Å². The van der Waals surface area contributed by atoms with Crippen LogP contribution >= 0.6 is 22.6 Å². The molecule has 8 heavy (non-hydrogen) atoms. The van der Waals surface area contributed by atoms with Crippen LogP contribution in [-0.2, 0) is 0 Å². The van der Waals surface area contributed by atoms with Crippen LogP contribution in [0.25, 0.3) is 0 Å². The Labute approximate surface area is 64.1 Å². The van der Waals surface area contributed by atoms with Gasteiger partial charge in [0.25, 0.3) is 0 Å². The number of halogens is 1. The van der Waals surface area contributed by atoms with Crippen molar-refractivity contribution < 1.29 is 0 Å². The Balaban J connectivity index is 3.26. The monoisotopic (exact) mass is 220 g/mol. The highest BCUT2D eigenvalue weighted by Gasteiger charge is 1.60. The summed E-state index contributed by atoms with van der Waals surface area (Å²) in [5.41, 5.74) is 0. The van der Waals surface area contributed by atoms with Gasteiger partial charge in [-0.2, -0.15) is 0 Å². The van der Waals surface area contributed by atoms with Crippen molar-refractivity contribution in [2.75, 3.05) is 4.43 Å². The Kier molecular flexibility index (Phi) is 6.91. The first-order valence-electron chi connectivity index (χ1n) is 2.42. The smallest absolute Gasteiger partial charge is 0.0178 e. The van der Waals surface area contributed by atoms with E-state index in [1.807, 2.05) is 18.2 Å². The van der Waals surface area contributed by atoms with E-state index in [2.05, 4.69) is 35.2 Å². The fraction of sp³-hybridized carbons (Fsp3) is 0.143. The minimum atomic E-state index is 1.07. The molecular formula is C7H9I. The van der Waals surface area contributed by atoms with Crippen LogP contribution in [0.2, 0.25) is 0 Å². The molecule has 0 nitrogen and oxygen atoms in total. The molecule has 0 rings (SSSR count). The average Bonchev–Trinajstić information content (AvgIpc) is 1.81. The lowest BCUT2D eigenvalue weighted by Gasteiger charge is -1.70. The van der Waals surface area contributed by atoms with E-state index < -0.39 is 0 Å².